The Hall–Kier alpha value is -2.88. The average molecular weight is 439 g/mol. The number of fused-ring (bicyclic) bond motifs is 1. The number of hydrogen-bond donors (Lipinski definition) is 2. The van der Waals surface area contributed by atoms with Crippen LogP contribution in [-0.4, -0.2) is 80.6 Å². The highest BCUT2D eigenvalue weighted by atomic mass is 16.5. The lowest BCUT2D eigenvalue weighted by molar-refractivity contribution is 0.0317. The predicted octanol–water partition coefficient (Wildman–Crippen LogP) is 1.54. The zero-order valence-corrected chi connectivity index (χ0v) is 18.3. The van der Waals surface area contributed by atoms with E-state index in [-0.39, 0.29) is 0 Å². The van der Waals surface area contributed by atoms with E-state index in [2.05, 4.69) is 61.0 Å². The van der Waals surface area contributed by atoms with E-state index in [0.717, 1.165) is 63.9 Å². The molecule has 9 heteroatoms. The second kappa shape index (κ2) is 10.2. The zero-order chi connectivity index (χ0) is 21.6. The molecule has 2 saturated heterocycles. The Kier molecular flexibility index (Phi) is 6.66. The summed E-state index contributed by atoms with van der Waals surface area (Å²) in [5.41, 5.74) is 10.2. The number of hydrazine groups is 1. The van der Waals surface area contributed by atoms with Gasteiger partial charge in [0.25, 0.3) is 0 Å². The maximum absolute atomic E-state index is 5.96. The van der Waals surface area contributed by atoms with Gasteiger partial charge in [-0.1, -0.05) is 24.3 Å². The Balaban J connectivity index is 1.24. The fourth-order valence-corrected chi connectivity index (χ4v) is 4.09. The van der Waals surface area contributed by atoms with Crippen molar-refractivity contribution >= 4 is 17.7 Å². The molecule has 0 amide bonds. The topological polar surface area (TPSA) is 84.0 Å². The van der Waals surface area contributed by atoms with Crippen LogP contribution < -0.4 is 20.5 Å². The summed E-state index contributed by atoms with van der Waals surface area (Å²) < 4.78 is 16.9. The second-order valence-electron chi connectivity index (χ2n) is 8.09. The summed E-state index contributed by atoms with van der Waals surface area (Å²) in [6.45, 7) is 7.81. The van der Waals surface area contributed by atoms with Crippen molar-refractivity contribution in [3.8, 4) is 6.01 Å². The van der Waals surface area contributed by atoms with Crippen LogP contribution in [-0.2, 0) is 15.9 Å². The summed E-state index contributed by atoms with van der Waals surface area (Å²) in [5, 5.41) is 0. The third kappa shape index (κ3) is 5.29. The minimum atomic E-state index is 0.384. The Morgan fingerprint density at radius 1 is 0.938 bits per heavy atom. The lowest BCUT2D eigenvalue weighted by atomic mass is 10.1. The molecule has 2 N–H and O–H groups in total. The lowest BCUT2D eigenvalue weighted by Gasteiger charge is -2.28. The number of rotatable bonds is 8. The summed E-state index contributed by atoms with van der Waals surface area (Å²) in [7, 11) is 0. The molecule has 5 rings (SSSR count). The van der Waals surface area contributed by atoms with Crippen molar-refractivity contribution in [2.24, 2.45) is 0 Å². The highest BCUT2D eigenvalue weighted by Crippen LogP contribution is 2.24. The van der Waals surface area contributed by atoms with Gasteiger partial charge < -0.3 is 24.5 Å². The molecule has 0 radical (unpaired) electrons. The average Bonchev–Trinajstić information content (AvgIpc) is 3.27. The van der Waals surface area contributed by atoms with Crippen LogP contribution in [0.25, 0.3) is 6.08 Å². The summed E-state index contributed by atoms with van der Waals surface area (Å²) in [6, 6.07) is 10.8. The normalized spacial score (nSPS) is 18.8. The fraction of sp³-hybridized carbons (Fsp3) is 0.478. The highest BCUT2D eigenvalue weighted by Gasteiger charge is 2.17. The van der Waals surface area contributed by atoms with Crippen molar-refractivity contribution in [3.05, 3.63) is 47.2 Å². The van der Waals surface area contributed by atoms with Gasteiger partial charge in [-0.25, -0.2) is 0 Å². The standard InChI is InChI=1S/C23H30N6O3/c1-2-4-19-16-20(15-18(19)3-1)26-27-21-17-22(29-8-12-31-13-9-29)25-23(24-21)32-14-7-28-5-10-30-11-6-28/h1-4,15,17,26H,5-14,16H2,(H,24,25,27). The van der Waals surface area contributed by atoms with Gasteiger partial charge >= 0.3 is 6.01 Å². The Bertz CT molecular complexity index is 941. The molecule has 3 aliphatic rings. The number of allylic oxidation sites excluding steroid dienone is 1. The van der Waals surface area contributed by atoms with E-state index in [0.29, 0.717) is 31.6 Å². The van der Waals surface area contributed by atoms with Crippen molar-refractivity contribution in [2.75, 3.05) is 76.1 Å². The SMILES string of the molecule is C1=C(NNc2cc(N3CCOCC3)nc(OCCN3CCOCC3)n2)Cc2ccccc21. The number of hydrogen-bond acceptors (Lipinski definition) is 9. The molecule has 170 valence electrons. The molecule has 0 spiro atoms. The number of morpholine rings is 2. The van der Waals surface area contributed by atoms with Crippen molar-refractivity contribution in [1.82, 2.24) is 20.3 Å². The van der Waals surface area contributed by atoms with Crippen LogP contribution in [0.15, 0.2) is 36.0 Å². The van der Waals surface area contributed by atoms with Crippen LogP contribution in [0.3, 0.4) is 0 Å². The molecule has 3 heterocycles. The first kappa shape index (κ1) is 21.0. The third-order valence-electron chi connectivity index (χ3n) is 5.89. The summed E-state index contributed by atoms with van der Waals surface area (Å²) >= 11 is 0. The van der Waals surface area contributed by atoms with Gasteiger partial charge in [-0.3, -0.25) is 10.3 Å². The molecular weight excluding hydrogens is 408 g/mol. The van der Waals surface area contributed by atoms with Crippen molar-refractivity contribution in [3.63, 3.8) is 0 Å². The molecule has 0 atom stereocenters. The van der Waals surface area contributed by atoms with E-state index in [1.54, 1.807) is 0 Å². The Morgan fingerprint density at radius 3 is 2.53 bits per heavy atom. The maximum atomic E-state index is 5.96. The van der Waals surface area contributed by atoms with Crippen LogP contribution >= 0.6 is 0 Å². The third-order valence-corrected chi connectivity index (χ3v) is 5.89. The molecule has 2 aliphatic heterocycles. The zero-order valence-electron chi connectivity index (χ0n) is 18.3. The van der Waals surface area contributed by atoms with E-state index in [1.807, 2.05) is 6.07 Å². The minimum Gasteiger partial charge on any atom is -0.462 e. The van der Waals surface area contributed by atoms with Crippen LogP contribution in [0.1, 0.15) is 11.1 Å². The summed E-state index contributed by atoms with van der Waals surface area (Å²) in [5.74, 6) is 1.53. The van der Waals surface area contributed by atoms with Gasteiger partial charge in [0, 0.05) is 50.9 Å². The van der Waals surface area contributed by atoms with Crippen LogP contribution in [0.4, 0.5) is 11.6 Å². The van der Waals surface area contributed by atoms with Crippen LogP contribution in [0.2, 0.25) is 0 Å². The quantitative estimate of drug-likeness (QED) is 0.596. The Labute approximate surface area is 188 Å². The predicted molar refractivity (Wildman–Crippen MR) is 123 cm³/mol. The van der Waals surface area contributed by atoms with Gasteiger partial charge in [0.05, 0.1) is 26.4 Å². The van der Waals surface area contributed by atoms with Crippen molar-refractivity contribution < 1.29 is 14.2 Å². The van der Waals surface area contributed by atoms with Gasteiger partial charge in [-0.2, -0.15) is 9.97 Å². The molecule has 32 heavy (non-hydrogen) atoms. The molecule has 0 saturated carbocycles. The summed E-state index contributed by atoms with van der Waals surface area (Å²) in [6.07, 6.45) is 3.03. The molecule has 0 unspecified atom stereocenters. The number of benzene rings is 1. The number of nitrogens with one attached hydrogen (secondary N) is 2. The number of ether oxygens (including phenoxy) is 3. The monoisotopic (exact) mass is 438 g/mol. The molecule has 9 nitrogen and oxygen atoms in total. The number of nitrogens with zero attached hydrogens (tertiary/aromatic N) is 4. The Morgan fingerprint density at radius 2 is 1.72 bits per heavy atom. The largest absolute Gasteiger partial charge is 0.462 e. The van der Waals surface area contributed by atoms with E-state index >= 15 is 0 Å². The van der Waals surface area contributed by atoms with Crippen molar-refractivity contribution in [1.29, 1.82) is 0 Å². The first-order chi connectivity index (χ1) is 15.8. The number of aromatic nitrogens is 2. The van der Waals surface area contributed by atoms with Gasteiger partial charge in [0.15, 0.2) is 5.82 Å². The van der Waals surface area contributed by atoms with E-state index < -0.39 is 0 Å². The first-order valence-corrected chi connectivity index (χ1v) is 11.3. The molecule has 1 aromatic carbocycles. The molecular formula is C23H30N6O3. The van der Waals surface area contributed by atoms with E-state index in [4.69, 9.17) is 14.2 Å². The maximum Gasteiger partial charge on any atom is 0.320 e. The van der Waals surface area contributed by atoms with Crippen molar-refractivity contribution in [2.45, 2.75) is 6.42 Å². The molecule has 0 bridgehead atoms. The first-order valence-electron chi connectivity index (χ1n) is 11.3. The van der Waals surface area contributed by atoms with E-state index in [1.165, 1.54) is 11.1 Å². The van der Waals surface area contributed by atoms with Gasteiger partial charge in [-0.15, -0.1) is 0 Å². The van der Waals surface area contributed by atoms with Gasteiger partial charge in [-0.05, 0) is 17.2 Å². The van der Waals surface area contributed by atoms with Gasteiger partial charge in [0.2, 0.25) is 0 Å². The minimum absolute atomic E-state index is 0.384. The molecule has 1 aliphatic carbocycles. The summed E-state index contributed by atoms with van der Waals surface area (Å²) in [4.78, 5) is 13.8. The fourth-order valence-electron chi connectivity index (χ4n) is 4.09. The van der Waals surface area contributed by atoms with Crippen LogP contribution in [0.5, 0.6) is 6.01 Å². The molecule has 1 aromatic heterocycles. The number of anilines is 2. The van der Waals surface area contributed by atoms with Crippen LogP contribution in [0, 0.1) is 0 Å². The highest BCUT2D eigenvalue weighted by molar-refractivity contribution is 5.63. The second-order valence-corrected chi connectivity index (χ2v) is 8.09. The molecule has 2 aromatic rings. The smallest absolute Gasteiger partial charge is 0.320 e. The molecule has 2 fully saturated rings. The lowest BCUT2D eigenvalue weighted by Crippen LogP contribution is -2.39. The van der Waals surface area contributed by atoms with E-state index in [9.17, 15) is 0 Å². The van der Waals surface area contributed by atoms with Gasteiger partial charge in [0.1, 0.15) is 12.4 Å².